The second kappa shape index (κ2) is 5.87. The molecule has 1 aromatic rings. The van der Waals surface area contributed by atoms with Gasteiger partial charge in [-0.15, -0.1) is 0 Å². The summed E-state index contributed by atoms with van der Waals surface area (Å²) in [5.41, 5.74) is 10.3. The topological polar surface area (TPSA) is 43.8 Å². The fourth-order valence-corrected chi connectivity index (χ4v) is 3.33. The molecule has 0 spiro atoms. The molecule has 3 heteroatoms. The minimum Gasteiger partial charge on any atom is -0.326 e. The highest BCUT2D eigenvalue weighted by Crippen LogP contribution is 2.28. The van der Waals surface area contributed by atoms with Crippen molar-refractivity contribution in [2.45, 2.75) is 77.8 Å². The lowest BCUT2D eigenvalue weighted by Crippen LogP contribution is -2.34. The number of nitrogens with two attached hydrogens (primary N) is 1. The van der Waals surface area contributed by atoms with Crippen molar-refractivity contribution in [3.63, 3.8) is 0 Å². The highest BCUT2D eigenvalue weighted by molar-refractivity contribution is 5.25. The van der Waals surface area contributed by atoms with Crippen molar-refractivity contribution < 1.29 is 0 Å². The first-order valence-corrected chi connectivity index (χ1v) is 7.45. The van der Waals surface area contributed by atoms with Crippen LogP contribution in [0.15, 0.2) is 0 Å². The van der Waals surface area contributed by atoms with Crippen LogP contribution in [0.4, 0.5) is 0 Å². The number of nitrogens with zero attached hydrogens (tertiary/aromatic N) is 2. The molecule has 2 N–H and O–H groups in total. The van der Waals surface area contributed by atoms with E-state index < -0.39 is 0 Å². The van der Waals surface area contributed by atoms with Gasteiger partial charge in [-0.3, -0.25) is 4.68 Å². The summed E-state index contributed by atoms with van der Waals surface area (Å²) < 4.78 is 2.23. The maximum atomic E-state index is 6.39. The van der Waals surface area contributed by atoms with E-state index in [1.807, 2.05) is 0 Å². The Hall–Kier alpha value is -0.830. The van der Waals surface area contributed by atoms with E-state index in [0.29, 0.717) is 6.04 Å². The molecule has 2 unspecified atom stereocenters. The fourth-order valence-electron chi connectivity index (χ4n) is 3.33. The third-order valence-corrected chi connectivity index (χ3v) is 4.42. The van der Waals surface area contributed by atoms with Gasteiger partial charge in [0.15, 0.2) is 0 Å². The summed E-state index contributed by atoms with van der Waals surface area (Å²) in [6, 6.07) is 0.678. The first-order valence-electron chi connectivity index (χ1n) is 7.45. The second-order valence-corrected chi connectivity index (χ2v) is 5.67. The first kappa shape index (κ1) is 13.6. The van der Waals surface area contributed by atoms with Crippen LogP contribution in [-0.4, -0.2) is 15.8 Å². The standard InChI is InChI=1S/C15H27N3/c1-4-13-11(2)17-18(12(13)3)15-10-8-6-5-7-9-14(15)16/h14-15H,4-10,16H2,1-3H3. The molecule has 2 rings (SSSR count). The van der Waals surface area contributed by atoms with Gasteiger partial charge >= 0.3 is 0 Å². The Bertz CT molecular complexity index is 395. The fraction of sp³-hybridized carbons (Fsp3) is 0.800. The lowest BCUT2D eigenvalue weighted by atomic mass is 9.93. The monoisotopic (exact) mass is 249 g/mol. The quantitative estimate of drug-likeness (QED) is 0.874. The Balaban J connectivity index is 2.27. The Morgan fingerprint density at radius 2 is 1.83 bits per heavy atom. The molecule has 102 valence electrons. The molecule has 1 aromatic heterocycles. The van der Waals surface area contributed by atoms with Gasteiger partial charge in [0.05, 0.1) is 11.7 Å². The van der Waals surface area contributed by atoms with Gasteiger partial charge < -0.3 is 5.73 Å². The predicted molar refractivity (Wildman–Crippen MR) is 75.8 cm³/mol. The molecular formula is C15H27N3. The zero-order chi connectivity index (χ0) is 13.1. The molecule has 0 aromatic carbocycles. The summed E-state index contributed by atoms with van der Waals surface area (Å²) in [4.78, 5) is 0. The van der Waals surface area contributed by atoms with Crippen LogP contribution in [0, 0.1) is 13.8 Å². The minimum atomic E-state index is 0.271. The number of hydrogen-bond donors (Lipinski definition) is 1. The molecule has 2 atom stereocenters. The molecule has 1 saturated carbocycles. The van der Waals surface area contributed by atoms with Crippen LogP contribution in [0.3, 0.4) is 0 Å². The molecule has 0 saturated heterocycles. The molecule has 1 aliphatic rings. The van der Waals surface area contributed by atoms with Gasteiger partial charge in [-0.05, 0) is 38.7 Å². The second-order valence-electron chi connectivity index (χ2n) is 5.67. The molecule has 18 heavy (non-hydrogen) atoms. The van der Waals surface area contributed by atoms with Crippen LogP contribution in [0.2, 0.25) is 0 Å². The van der Waals surface area contributed by atoms with E-state index in [0.717, 1.165) is 12.8 Å². The largest absolute Gasteiger partial charge is 0.326 e. The molecule has 1 heterocycles. The third-order valence-electron chi connectivity index (χ3n) is 4.42. The van der Waals surface area contributed by atoms with E-state index in [4.69, 9.17) is 10.8 Å². The summed E-state index contributed by atoms with van der Waals surface area (Å²) in [6.07, 6.45) is 8.66. The average Bonchev–Trinajstić information content (AvgIpc) is 2.60. The van der Waals surface area contributed by atoms with Crippen LogP contribution in [0.1, 0.15) is 68.4 Å². The van der Waals surface area contributed by atoms with Gasteiger partial charge in [-0.1, -0.05) is 32.6 Å². The summed E-state index contributed by atoms with van der Waals surface area (Å²) in [7, 11) is 0. The lowest BCUT2D eigenvalue weighted by molar-refractivity contribution is 0.301. The zero-order valence-corrected chi connectivity index (χ0v) is 12.1. The van der Waals surface area contributed by atoms with Gasteiger partial charge in [0.25, 0.3) is 0 Å². The van der Waals surface area contributed by atoms with Gasteiger partial charge in [-0.25, -0.2) is 0 Å². The predicted octanol–water partition coefficient (Wildman–Crippen LogP) is 3.28. The molecule has 0 amide bonds. The Morgan fingerprint density at radius 1 is 1.17 bits per heavy atom. The van der Waals surface area contributed by atoms with Crippen molar-refractivity contribution in [1.82, 2.24) is 9.78 Å². The van der Waals surface area contributed by atoms with Gasteiger partial charge in [0.1, 0.15) is 0 Å². The van der Waals surface area contributed by atoms with Crippen LogP contribution >= 0.6 is 0 Å². The summed E-state index contributed by atoms with van der Waals surface area (Å²) in [5.74, 6) is 0. The van der Waals surface area contributed by atoms with Crippen LogP contribution in [0.25, 0.3) is 0 Å². The van der Waals surface area contributed by atoms with Crippen LogP contribution in [-0.2, 0) is 6.42 Å². The van der Waals surface area contributed by atoms with Crippen molar-refractivity contribution >= 4 is 0 Å². The number of aryl methyl sites for hydroxylation is 1. The smallest absolute Gasteiger partial charge is 0.0673 e. The summed E-state index contributed by atoms with van der Waals surface area (Å²) >= 11 is 0. The highest BCUT2D eigenvalue weighted by atomic mass is 15.3. The zero-order valence-electron chi connectivity index (χ0n) is 12.1. The van der Waals surface area contributed by atoms with E-state index in [9.17, 15) is 0 Å². The van der Waals surface area contributed by atoms with E-state index >= 15 is 0 Å². The minimum absolute atomic E-state index is 0.271. The van der Waals surface area contributed by atoms with E-state index in [2.05, 4.69) is 25.5 Å². The molecule has 3 nitrogen and oxygen atoms in total. The van der Waals surface area contributed by atoms with Crippen LogP contribution < -0.4 is 5.73 Å². The Labute approximate surface area is 111 Å². The molecule has 1 aliphatic carbocycles. The lowest BCUT2D eigenvalue weighted by Gasteiger charge is -2.27. The van der Waals surface area contributed by atoms with Crippen molar-refractivity contribution in [3.8, 4) is 0 Å². The maximum Gasteiger partial charge on any atom is 0.0673 e. The molecule has 0 radical (unpaired) electrons. The number of hydrogen-bond acceptors (Lipinski definition) is 2. The van der Waals surface area contributed by atoms with Gasteiger partial charge in [0.2, 0.25) is 0 Å². The van der Waals surface area contributed by atoms with E-state index in [-0.39, 0.29) is 6.04 Å². The first-order chi connectivity index (χ1) is 8.65. The van der Waals surface area contributed by atoms with Crippen molar-refractivity contribution in [3.05, 3.63) is 17.0 Å². The van der Waals surface area contributed by atoms with Crippen molar-refractivity contribution in [2.75, 3.05) is 0 Å². The Morgan fingerprint density at radius 3 is 2.44 bits per heavy atom. The number of rotatable bonds is 2. The van der Waals surface area contributed by atoms with Gasteiger partial charge in [-0.2, -0.15) is 5.10 Å². The summed E-state index contributed by atoms with van der Waals surface area (Å²) in [5, 5.41) is 4.76. The molecule has 0 aliphatic heterocycles. The Kier molecular flexibility index (Phi) is 4.44. The van der Waals surface area contributed by atoms with Crippen LogP contribution in [0.5, 0.6) is 0 Å². The molecular weight excluding hydrogens is 222 g/mol. The van der Waals surface area contributed by atoms with E-state index in [1.54, 1.807) is 0 Å². The van der Waals surface area contributed by atoms with Crippen molar-refractivity contribution in [1.29, 1.82) is 0 Å². The van der Waals surface area contributed by atoms with Crippen molar-refractivity contribution in [2.24, 2.45) is 5.73 Å². The number of aromatic nitrogens is 2. The van der Waals surface area contributed by atoms with E-state index in [1.165, 1.54) is 49.1 Å². The molecule has 1 fully saturated rings. The maximum absolute atomic E-state index is 6.39. The highest BCUT2D eigenvalue weighted by Gasteiger charge is 2.24. The average molecular weight is 249 g/mol. The van der Waals surface area contributed by atoms with Gasteiger partial charge in [0, 0.05) is 11.7 Å². The third kappa shape index (κ3) is 2.61. The summed E-state index contributed by atoms with van der Waals surface area (Å²) in [6.45, 7) is 6.53. The SMILES string of the molecule is CCc1c(C)nn(C2CCCCCCC2N)c1C. The molecule has 0 bridgehead atoms. The normalized spacial score (nSPS) is 25.8.